The van der Waals surface area contributed by atoms with E-state index in [1.54, 1.807) is 6.08 Å². The van der Waals surface area contributed by atoms with E-state index in [0.717, 1.165) is 25.7 Å². The summed E-state index contributed by atoms with van der Waals surface area (Å²) < 4.78 is 0. The maximum absolute atomic E-state index is 10.4. The van der Waals surface area contributed by atoms with E-state index in [2.05, 4.69) is 6.92 Å². The van der Waals surface area contributed by atoms with Crippen molar-refractivity contribution in [1.29, 1.82) is 0 Å². The number of carboxylic acid groups (broad SMARTS) is 1. The number of hydrogen-bond donors (Lipinski definition) is 3. The van der Waals surface area contributed by atoms with E-state index in [4.69, 9.17) is 5.11 Å². The molecular formula is C18H34O4. The number of carbonyl (C=O) groups is 1. The largest absolute Gasteiger partial charge is 0.481 e. The highest BCUT2D eigenvalue weighted by atomic mass is 16.4. The van der Waals surface area contributed by atoms with Crippen LogP contribution >= 0.6 is 0 Å². The Morgan fingerprint density at radius 1 is 0.955 bits per heavy atom. The van der Waals surface area contributed by atoms with Gasteiger partial charge in [-0.05, 0) is 25.7 Å². The summed E-state index contributed by atoms with van der Waals surface area (Å²) in [7, 11) is 0. The van der Waals surface area contributed by atoms with E-state index in [0.29, 0.717) is 12.8 Å². The summed E-state index contributed by atoms with van der Waals surface area (Å²) in [5.74, 6) is -0.779. The number of carboxylic acids is 1. The van der Waals surface area contributed by atoms with Crippen LogP contribution in [0.25, 0.3) is 0 Å². The van der Waals surface area contributed by atoms with Crippen LogP contribution in [0.4, 0.5) is 0 Å². The number of allylic oxidation sites excluding steroid dienone is 1. The number of aliphatic carboxylic acids is 1. The van der Waals surface area contributed by atoms with Gasteiger partial charge in [0.1, 0.15) is 0 Å². The molecule has 0 aliphatic carbocycles. The van der Waals surface area contributed by atoms with Crippen molar-refractivity contribution >= 4 is 5.97 Å². The van der Waals surface area contributed by atoms with E-state index >= 15 is 0 Å². The zero-order chi connectivity index (χ0) is 16.6. The standard InChI is InChI=1S/C18H34O4/c1-2-3-4-5-6-7-8-10-13-16(19)17(20)14-11-9-12-15-18(21)22/h10,13,16-17,19-20H,2-9,11-12,14-15H2,1H3,(H,21,22). The molecule has 0 rings (SSSR count). The van der Waals surface area contributed by atoms with Crippen LogP contribution in [0, 0.1) is 0 Å². The van der Waals surface area contributed by atoms with Crippen LogP contribution in [0.15, 0.2) is 12.2 Å². The van der Waals surface area contributed by atoms with Crippen LogP contribution < -0.4 is 0 Å². The SMILES string of the molecule is CCCCCCCCC=CC(O)C(O)CCCCCC(=O)O. The molecule has 0 fully saturated rings. The Morgan fingerprint density at radius 2 is 1.59 bits per heavy atom. The minimum absolute atomic E-state index is 0.177. The molecule has 4 heteroatoms. The van der Waals surface area contributed by atoms with E-state index in [9.17, 15) is 15.0 Å². The van der Waals surface area contributed by atoms with Gasteiger partial charge in [0, 0.05) is 6.42 Å². The van der Waals surface area contributed by atoms with Gasteiger partial charge in [0.15, 0.2) is 0 Å². The third-order valence-corrected chi connectivity index (χ3v) is 3.84. The fraction of sp³-hybridized carbons (Fsp3) is 0.833. The lowest BCUT2D eigenvalue weighted by Gasteiger charge is -2.14. The smallest absolute Gasteiger partial charge is 0.303 e. The van der Waals surface area contributed by atoms with Gasteiger partial charge in [-0.1, -0.05) is 64.0 Å². The minimum Gasteiger partial charge on any atom is -0.481 e. The lowest BCUT2D eigenvalue weighted by atomic mass is 10.0. The van der Waals surface area contributed by atoms with Crippen LogP contribution in [-0.4, -0.2) is 33.5 Å². The number of hydrogen-bond acceptors (Lipinski definition) is 3. The van der Waals surface area contributed by atoms with Gasteiger partial charge >= 0.3 is 5.97 Å². The Hall–Kier alpha value is -0.870. The Bertz CT molecular complexity index is 289. The first-order valence-corrected chi connectivity index (χ1v) is 8.82. The van der Waals surface area contributed by atoms with E-state index in [1.165, 1.54) is 32.1 Å². The van der Waals surface area contributed by atoms with Crippen molar-refractivity contribution in [2.75, 3.05) is 0 Å². The van der Waals surface area contributed by atoms with Crippen molar-refractivity contribution in [2.24, 2.45) is 0 Å². The van der Waals surface area contributed by atoms with Gasteiger partial charge < -0.3 is 15.3 Å². The normalized spacial score (nSPS) is 14.3. The summed E-state index contributed by atoms with van der Waals surface area (Å²) in [5.41, 5.74) is 0. The summed E-state index contributed by atoms with van der Waals surface area (Å²) in [4.78, 5) is 10.4. The maximum atomic E-state index is 10.4. The van der Waals surface area contributed by atoms with Crippen molar-refractivity contribution in [3.05, 3.63) is 12.2 Å². The molecule has 3 N–H and O–H groups in total. The molecule has 0 aliphatic heterocycles. The average molecular weight is 314 g/mol. The number of aliphatic hydroxyl groups is 2. The molecule has 4 nitrogen and oxygen atoms in total. The van der Waals surface area contributed by atoms with Gasteiger partial charge in [-0.15, -0.1) is 0 Å². The molecule has 0 amide bonds. The summed E-state index contributed by atoms with van der Waals surface area (Å²) in [5, 5.41) is 28.1. The molecule has 0 radical (unpaired) electrons. The third-order valence-electron chi connectivity index (χ3n) is 3.84. The van der Waals surface area contributed by atoms with E-state index in [-0.39, 0.29) is 6.42 Å². The number of unbranched alkanes of at least 4 members (excludes halogenated alkanes) is 8. The van der Waals surface area contributed by atoms with Crippen molar-refractivity contribution in [3.8, 4) is 0 Å². The van der Waals surface area contributed by atoms with Crippen molar-refractivity contribution < 1.29 is 20.1 Å². The average Bonchev–Trinajstić information content (AvgIpc) is 2.48. The molecule has 2 unspecified atom stereocenters. The topological polar surface area (TPSA) is 77.8 Å². The van der Waals surface area contributed by atoms with Crippen LogP contribution in [0.1, 0.15) is 84.0 Å². The molecular weight excluding hydrogens is 280 g/mol. The van der Waals surface area contributed by atoms with Crippen LogP contribution in [0.5, 0.6) is 0 Å². The molecule has 0 aromatic rings. The maximum Gasteiger partial charge on any atom is 0.303 e. The van der Waals surface area contributed by atoms with Crippen molar-refractivity contribution in [2.45, 2.75) is 96.2 Å². The molecule has 22 heavy (non-hydrogen) atoms. The Morgan fingerprint density at radius 3 is 2.27 bits per heavy atom. The van der Waals surface area contributed by atoms with Gasteiger partial charge in [-0.2, -0.15) is 0 Å². The second-order valence-electron chi connectivity index (χ2n) is 6.04. The number of rotatable bonds is 15. The lowest BCUT2D eigenvalue weighted by Crippen LogP contribution is -2.23. The Kier molecular flexibility index (Phi) is 14.4. The van der Waals surface area contributed by atoms with Gasteiger partial charge in [0.25, 0.3) is 0 Å². The molecule has 2 atom stereocenters. The fourth-order valence-corrected chi connectivity index (χ4v) is 2.38. The molecule has 0 aromatic carbocycles. The van der Waals surface area contributed by atoms with Crippen LogP contribution in [0.2, 0.25) is 0 Å². The van der Waals surface area contributed by atoms with Gasteiger partial charge in [-0.25, -0.2) is 0 Å². The predicted octanol–water partition coefficient (Wildman–Crippen LogP) is 4.05. The zero-order valence-electron chi connectivity index (χ0n) is 14.0. The monoisotopic (exact) mass is 314 g/mol. The summed E-state index contributed by atoms with van der Waals surface area (Å²) in [6.45, 7) is 2.21. The summed E-state index contributed by atoms with van der Waals surface area (Å²) in [6.07, 6.45) is 13.4. The molecule has 0 aromatic heterocycles. The van der Waals surface area contributed by atoms with Crippen LogP contribution in [-0.2, 0) is 4.79 Å². The minimum atomic E-state index is -0.806. The van der Waals surface area contributed by atoms with Crippen molar-refractivity contribution in [3.63, 3.8) is 0 Å². The Balaban J connectivity index is 3.53. The second kappa shape index (κ2) is 15.0. The summed E-state index contributed by atoms with van der Waals surface area (Å²) >= 11 is 0. The van der Waals surface area contributed by atoms with Crippen molar-refractivity contribution in [1.82, 2.24) is 0 Å². The van der Waals surface area contributed by atoms with Gasteiger partial charge in [-0.3, -0.25) is 4.79 Å². The molecule has 130 valence electrons. The molecule has 0 saturated heterocycles. The molecule has 0 bridgehead atoms. The number of aliphatic hydroxyl groups excluding tert-OH is 2. The Labute approximate surface area is 135 Å². The molecule has 0 heterocycles. The molecule has 0 spiro atoms. The highest BCUT2D eigenvalue weighted by molar-refractivity contribution is 5.66. The zero-order valence-corrected chi connectivity index (χ0v) is 14.0. The molecule has 0 aliphatic rings. The predicted molar refractivity (Wildman–Crippen MR) is 89.9 cm³/mol. The highest BCUT2D eigenvalue weighted by Gasteiger charge is 2.12. The third kappa shape index (κ3) is 14.1. The second-order valence-corrected chi connectivity index (χ2v) is 6.04. The van der Waals surface area contributed by atoms with E-state index < -0.39 is 18.2 Å². The van der Waals surface area contributed by atoms with Gasteiger partial charge in [0.2, 0.25) is 0 Å². The fourth-order valence-electron chi connectivity index (χ4n) is 2.38. The van der Waals surface area contributed by atoms with E-state index in [1.807, 2.05) is 6.08 Å². The van der Waals surface area contributed by atoms with Gasteiger partial charge in [0.05, 0.1) is 12.2 Å². The quantitative estimate of drug-likeness (QED) is 0.315. The summed E-state index contributed by atoms with van der Waals surface area (Å²) in [6, 6.07) is 0. The lowest BCUT2D eigenvalue weighted by molar-refractivity contribution is -0.137. The highest BCUT2D eigenvalue weighted by Crippen LogP contribution is 2.11. The first kappa shape index (κ1) is 21.1. The first-order valence-electron chi connectivity index (χ1n) is 8.82. The first-order chi connectivity index (χ1) is 10.6. The van der Waals surface area contributed by atoms with Crippen LogP contribution in [0.3, 0.4) is 0 Å². The molecule has 0 saturated carbocycles.